The molecule has 0 saturated carbocycles. The van der Waals surface area contributed by atoms with Crippen molar-refractivity contribution >= 4 is 11.8 Å². The number of carboxylic acid groups (broad SMARTS) is 1. The van der Waals surface area contributed by atoms with Crippen LogP contribution in [0.4, 0.5) is 5.82 Å². The van der Waals surface area contributed by atoms with Gasteiger partial charge in [0.1, 0.15) is 5.82 Å². The average molecular weight is 342 g/mol. The molecule has 6 heteroatoms. The predicted molar refractivity (Wildman–Crippen MR) is 94.6 cm³/mol. The van der Waals surface area contributed by atoms with Crippen LogP contribution >= 0.6 is 0 Å². The Morgan fingerprint density at radius 3 is 2.68 bits per heavy atom. The third-order valence-electron chi connectivity index (χ3n) is 4.69. The molecule has 3 rings (SSSR count). The number of ether oxygens (including phenoxy) is 2. The Balaban J connectivity index is 1.99. The number of pyridine rings is 1. The van der Waals surface area contributed by atoms with E-state index in [1.165, 1.54) is 0 Å². The Morgan fingerprint density at radius 1 is 1.24 bits per heavy atom. The number of para-hydroxylation sites is 1. The van der Waals surface area contributed by atoms with E-state index in [-0.39, 0.29) is 5.92 Å². The van der Waals surface area contributed by atoms with E-state index in [4.69, 9.17) is 9.47 Å². The van der Waals surface area contributed by atoms with E-state index >= 15 is 0 Å². The summed E-state index contributed by atoms with van der Waals surface area (Å²) in [6.45, 7) is 2.98. The van der Waals surface area contributed by atoms with Gasteiger partial charge >= 0.3 is 5.97 Å². The number of aliphatic carboxylic acids is 1. The Hall–Kier alpha value is -2.76. The fraction of sp³-hybridized carbons (Fsp3) is 0.368. The van der Waals surface area contributed by atoms with Crippen LogP contribution < -0.4 is 14.4 Å². The molecule has 2 atom stereocenters. The number of benzene rings is 1. The number of aromatic nitrogens is 1. The van der Waals surface area contributed by atoms with Crippen molar-refractivity contribution in [1.82, 2.24) is 4.98 Å². The van der Waals surface area contributed by atoms with Crippen LogP contribution in [0.15, 0.2) is 36.5 Å². The number of carboxylic acids is 1. The first-order valence-corrected chi connectivity index (χ1v) is 8.16. The molecule has 2 heterocycles. The van der Waals surface area contributed by atoms with Gasteiger partial charge in [-0.2, -0.15) is 0 Å². The topological polar surface area (TPSA) is 71.9 Å². The molecule has 0 spiro atoms. The molecule has 1 aliphatic heterocycles. The predicted octanol–water partition coefficient (Wildman–Crippen LogP) is 2.71. The smallest absolute Gasteiger partial charge is 0.308 e. The van der Waals surface area contributed by atoms with Crippen LogP contribution in [0.5, 0.6) is 11.5 Å². The molecule has 1 fully saturated rings. The maximum Gasteiger partial charge on any atom is 0.308 e. The number of nitrogens with zero attached hydrogens (tertiary/aromatic N) is 2. The first kappa shape index (κ1) is 17.1. The summed E-state index contributed by atoms with van der Waals surface area (Å²) in [6, 6.07) is 9.49. The minimum absolute atomic E-state index is 0.204. The van der Waals surface area contributed by atoms with Gasteiger partial charge in [0.15, 0.2) is 11.5 Å². The minimum Gasteiger partial charge on any atom is -0.493 e. The number of methoxy groups -OCH3 is 2. The fourth-order valence-electron chi connectivity index (χ4n) is 3.45. The SMILES string of the molecule is COc1cccc([C@H]2CN(c3cc(C)ccn3)C[C@@H]2C(=O)O)c1OC. The second-order valence-corrected chi connectivity index (χ2v) is 6.23. The summed E-state index contributed by atoms with van der Waals surface area (Å²) in [4.78, 5) is 18.3. The van der Waals surface area contributed by atoms with E-state index in [1.54, 1.807) is 20.4 Å². The highest BCUT2D eigenvalue weighted by Crippen LogP contribution is 2.42. The molecule has 1 aromatic heterocycles. The van der Waals surface area contributed by atoms with Crippen molar-refractivity contribution < 1.29 is 19.4 Å². The van der Waals surface area contributed by atoms with E-state index < -0.39 is 11.9 Å². The number of aryl methyl sites for hydroxylation is 1. The molecule has 25 heavy (non-hydrogen) atoms. The van der Waals surface area contributed by atoms with E-state index in [2.05, 4.69) is 4.98 Å². The first-order valence-electron chi connectivity index (χ1n) is 8.16. The number of rotatable bonds is 5. The summed E-state index contributed by atoms with van der Waals surface area (Å²) in [6.07, 6.45) is 1.75. The lowest BCUT2D eigenvalue weighted by Crippen LogP contribution is -2.23. The zero-order valence-electron chi connectivity index (χ0n) is 14.6. The summed E-state index contributed by atoms with van der Waals surface area (Å²) >= 11 is 0. The molecule has 132 valence electrons. The van der Waals surface area contributed by atoms with Gasteiger partial charge in [-0.05, 0) is 30.7 Å². The van der Waals surface area contributed by atoms with Crippen LogP contribution in [-0.4, -0.2) is 43.4 Å². The molecule has 0 amide bonds. The molecule has 1 N–H and O–H groups in total. The average Bonchev–Trinajstić information content (AvgIpc) is 3.06. The summed E-state index contributed by atoms with van der Waals surface area (Å²) in [7, 11) is 3.15. The van der Waals surface area contributed by atoms with Gasteiger partial charge in [-0.15, -0.1) is 0 Å². The van der Waals surface area contributed by atoms with Gasteiger partial charge in [-0.25, -0.2) is 4.98 Å². The fourth-order valence-corrected chi connectivity index (χ4v) is 3.45. The van der Waals surface area contributed by atoms with Gasteiger partial charge in [0.25, 0.3) is 0 Å². The molecule has 1 saturated heterocycles. The van der Waals surface area contributed by atoms with Crippen molar-refractivity contribution in [1.29, 1.82) is 0 Å². The highest BCUT2D eigenvalue weighted by atomic mass is 16.5. The highest BCUT2D eigenvalue weighted by Gasteiger charge is 2.40. The van der Waals surface area contributed by atoms with Crippen LogP contribution in [-0.2, 0) is 4.79 Å². The van der Waals surface area contributed by atoms with Crippen LogP contribution in [0.1, 0.15) is 17.0 Å². The zero-order valence-corrected chi connectivity index (χ0v) is 14.6. The molecule has 6 nitrogen and oxygen atoms in total. The Bertz CT molecular complexity index is 778. The number of anilines is 1. The zero-order chi connectivity index (χ0) is 18.0. The number of hydrogen-bond acceptors (Lipinski definition) is 5. The maximum absolute atomic E-state index is 11.9. The van der Waals surface area contributed by atoms with Gasteiger partial charge in [0.2, 0.25) is 0 Å². The van der Waals surface area contributed by atoms with Crippen molar-refractivity contribution in [2.45, 2.75) is 12.8 Å². The summed E-state index contributed by atoms with van der Waals surface area (Å²) in [5.74, 6) is 0.449. The van der Waals surface area contributed by atoms with E-state index in [9.17, 15) is 9.90 Å². The lowest BCUT2D eigenvalue weighted by atomic mass is 9.88. The van der Waals surface area contributed by atoms with Crippen LogP contribution in [0.3, 0.4) is 0 Å². The third kappa shape index (κ3) is 3.24. The van der Waals surface area contributed by atoms with Gasteiger partial charge in [0.05, 0.1) is 20.1 Å². The molecule has 0 unspecified atom stereocenters. The highest BCUT2D eigenvalue weighted by molar-refractivity contribution is 5.74. The second kappa shape index (κ2) is 7.01. The molecule has 2 aromatic rings. The van der Waals surface area contributed by atoms with Crippen LogP contribution in [0.25, 0.3) is 0 Å². The second-order valence-electron chi connectivity index (χ2n) is 6.23. The quantitative estimate of drug-likeness (QED) is 0.901. The van der Waals surface area contributed by atoms with E-state index in [1.807, 2.05) is 42.2 Å². The van der Waals surface area contributed by atoms with E-state index in [0.29, 0.717) is 24.6 Å². The maximum atomic E-state index is 11.9. The molecular weight excluding hydrogens is 320 g/mol. The Labute approximate surface area is 147 Å². The lowest BCUT2D eigenvalue weighted by molar-refractivity contribution is -0.141. The van der Waals surface area contributed by atoms with Gasteiger partial charge in [-0.3, -0.25) is 4.79 Å². The first-order chi connectivity index (χ1) is 12.0. The van der Waals surface area contributed by atoms with Crippen LogP contribution in [0, 0.1) is 12.8 Å². The Kier molecular flexibility index (Phi) is 4.79. The van der Waals surface area contributed by atoms with Crippen molar-refractivity contribution in [3.8, 4) is 11.5 Å². The molecule has 1 aromatic carbocycles. The van der Waals surface area contributed by atoms with Crippen molar-refractivity contribution in [2.24, 2.45) is 5.92 Å². The van der Waals surface area contributed by atoms with Gasteiger partial charge in [-0.1, -0.05) is 12.1 Å². The Morgan fingerprint density at radius 2 is 2.04 bits per heavy atom. The monoisotopic (exact) mass is 342 g/mol. The van der Waals surface area contributed by atoms with Crippen molar-refractivity contribution in [2.75, 3.05) is 32.2 Å². The molecule has 0 aliphatic carbocycles. The van der Waals surface area contributed by atoms with Crippen molar-refractivity contribution in [3.05, 3.63) is 47.7 Å². The minimum atomic E-state index is -0.815. The van der Waals surface area contributed by atoms with Crippen molar-refractivity contribution in [3.63, 3.8) is 0 Å². The summed E-state index contributed by atoms with van der Waals surface area (Å²) < 4.78 is 10.9. The largest absolute Gasteiger partial charge is 0.493 e. The van der Waals surface area contributed by atoms with Gasteiger partial charge in [0, 0.05) is 30.8 Å². The summed E-state index contributed by atoms with van der Waals surface area (Å²) in [5.41, 5.74) is 1.95. The van der Waals surface area contributed by atoms with Gasteiger partial charge < -0.3 is 19.5 Å². The molecule has 0 radical (unpaired) electrons. The normalized spacial score (nSPS) is 19.7. The summed E-state index contributed by atoms with van der Waals surface area (Å²) in [5, 5.41) is 9.74. The molecule has 0 bridgehead atoms. The van der Waals surface area contributed by atoms with Crippen LogP contribution in [0.2, 0.25) is 0 Å². The third-order valence-corrected chi connectivity index (χ3v) is 4.69. The molecule has 1 aliphatic rings. The number of hydrogen-bond donors (Lipinski definition) is 1. The standard InChI is InChI=1S/C19H22N2O4/c1-12-7-8-20-17(9-12)21-10-14(15(11-21)19(22)23)13-5-4-6-16(24-2)18(13)25-3/h4-9,14-15H,10-11H2,1-3H3,(H,22,23)/t14-,15+/m1/s1. The molecular formula is C19H22N2O4. The number of carbonyl (C=O) groups is 1. The lowest BCUT2D eigenvalue weighted by Gasteiger charge is -2.20. The van der Waals surface area contributed by atoms with E-state index in [0.717, 1.165) is 16.9 Å².